The lowest BCUT2D eigenvalue weighted by Gasteiger charge is -2.18. The van der Waals surface area contributed by atoms with Crippen LogP contribution >= 0.6 is 11.6 Å². The monoisotopic (exact) mass is 449 g/mol. The lowest BCUT2D eigenvalue weighted by atomic mass is 9.94. The number of aromatic nitrogens is 1. The number of ether oxygens (including phenoxy) is 2. The fourth-order valence-electron chi connectivity index (χ4n) is 3.53. The molecule has 3 rings (SSSR count). The number of halogens is 4. The Morgan fingerprint density at radius 2 is 1.58 bits per heavy atom. The SMILES string of the molecule is CCc1cccc(CC)c1-c1cc(OC)c(COc2cc(Cl)c(F)c(F)c2F)c(C)n1. The predicted octanol–water partition coefficient (Wildman–Crippen LogP) is 6.84. The third kappa shape index (κ3) is 4.49. The first-order valence-corrected chi connectivity index (χ1v) is 10.3. The fraction of sp³-hybridized carbons (Fsp3) is 0.292. The Bertz CT molecular complexity index is 1100. The van der Waals surface area contributed by atoms with Gasteiger partial charge in [-0.25, -0.2) is 8.78 Å². The van der Waals surface area contributed by atoms with Crippen LogP contribution in [0.4, 0.5) is 13.2 Å². The first kappa shape index (κ1) is 22.9. The zero-order valence-corrected chi connectivity index (χ0v) is 18.5. The summed E-state index contributed by atoms with van der Waals surface area (Å²) in [6.45, 7) is 5.81. The molecule has 7 heteroatoms. The third-order valence-corrected chi connectivity index (χ3v) is 5.48. The van der Waals surface area contributed by atoms with E-state index in [9.17, 15) is 13.2 Å². The number of hydrogen-bond acceptors (Lipinski definition) is 3. The Balaban J connectivity index is 2.01. The highest BCUT2D eigenvalue weighted by molar-refractivity contribution is 6.30. The number of methoxy groups -OCH3 is 1. The van der Waals surface area contributed by atoms with Gasteiger partial charge in [-0.1, -0.05) is 43.6 Å². The van der Waals surface area contributed by atoms with Gasteiger partial charge in [0.05, 0.1) is 23.4 Å². The molecule has 3 aromatic rings. The molecule has 0 radical (unpaired) electrons. The molecule has 31 heavy (non-hydrogen) atoms. The second-order valence-electron chi connectivity index (χ2n) is 7.02. The van der Waals surface area contributed by atoms with Crippen molar-refractivity contribution in [3.63, 3.8) is 0 Å². The molecule has 0 N–H and O–H groups in total. The fourth-order valence-corrected chi connectivity index (χ4v) is 3.72. The van der Waals surface area contributed by atoms with Crippen LogP contribution in [0, 0.1) is 24.4 Å². The average Bonchev–Trinajstić information content (AvgIpc) is 2.78. The van der Waals surface area contributed by atoms with Crippen LogP contribution in [0.25, 0.3) is 11.3 Å². The van der Waals surface area contributed by atoms with E-state index in [1.807, 2.05) is 12.1 Å². The highest BCUT2D eigenvalue weighted by atomic mass is 35.5. The van der Waals surface area contributed by atoms with Gasteiger partial charge in [-0.05, 0) is 30.9 Å². The molecule has 164 valence electrons. The zero-order valence-electron chi connectivity index (χ0n) is 17.8. The number of nitrogens with zero attached hydrogens (tertiary/aromatic N) is 1. The minimum Gasteiger partial charge on any atom is -0.496 e. The van der Waals surface area contributed by atoms with E-state index in [0.717, 1.165) is 30.2 Å². The molecular weight excluding hydrogens is 427 g/mol. The molecule has 0 aliphatic heterocycles. The zero-order chi connectivity index (χ0) is 22.7. The standard InChI is InChI=1S/C24H23ClF3NO2/c1-5-14-8-7-9-15(6-2)21(14)18-11-19(30-4)16(13(3)29-18)12-31-20-10-17(25)22(26)24(28)23(20)27/h7-11H,5-6,12H2,1-4H3. The first-order valence-electron chi connectivity index (χ1n) is 9.93. The van der Waals surface area contributed by atoms with E-state index in [1.165, 1.54) is 18.2 Å². The van der Waals surface area contributed by atoms with Gasteiger partial charge >= 0.3 is 0 Å². The van der Waals surface area contributed by atoms with Gasteiger partial charge in [-0.3, -0.25) is 4.98 Å². The minimum absolute atomic E-state index is 0.156. The van der Waals surface area contributed by atoms with Crippen LogP contribution < -0.4 is 9.47 Å². The van der Waals surface area contributed by atoms with E-state index in [0.29, 0.717) is 17.0 Å². The molecule has 1 aromatic heterocycles. The summed E-state index contributed by atoms with van der Waals surface area (Å²) in [5.41, 5.74) is 5.38. The molecule has 0 saturated carbocycles. The summed E-state index contributed by atoms with van der Waals surface area (Å²) >= 11 is 5.61. The van der Waals surface area contributed by atoms with Gasteiger partial charge in [0.25, 0.3) is 0 Å². The van der Waals surface area contributed by atoms with Crippen molar-refractivity contribution < 1.29 is 22.6 Å². The Kier molecular flexibility index (Phi) is 7.11. The third-order valence-electron chi connectivity index (χ3n) is 5.21. The van der Waals surface area contributed by atoms with Crippen LogP contribution in [0.1, 0.15) is 36.2 Å². The van der Waals surface area contributed by atoms with Gasteiger partial charge < -0.3 is 9.47 Å². The van der Waals surface area contributed by atoms with Crippen molar-refractivity contribution in [1.82, 2.24) is 4.98 Å². The molecule has 0 aliphatic carbocycles. The molecule has 0 spiro atoms. The van der Waals surface area contributed by atoms with Crippen molar-refractivity contribution >= 4 is 11.6 Å². The summed E-state index contributed by atoms with van der Waals surface area (Å²) in [5, 5.41) is -0.561. The molecule has 0 unspecified atom stereocenters. The van der Waals surface area contributed by atoms with Gasteiger partial charge in [0.15, 0.2) is 17.4 Å². The summed E-state index contributed by atoms with van der Waals surface area (Å²) in [6.07, 6.45) is 1.71. The van der Waals surface area contributed by atoms with E-state index in [2.05, 4.69) is 26.0 Å². The summed E-state index contributed by atoms with van der Waals surface area (Å²) < 4.78 is 52.0. The quantitative estimate of drug-likeness (QED) is 0.292. The van der Waals surface area contributed by atoms with E-state index < -0.39 is 28.2 Å². The van der Waals surface area contributed by atoms with E-state index in [4.69, 9.17) is 26.1 Å². The summed E-state index contributed by atoms with van der Waals surface area (Å²) in [6, 6.07) is 8.90. The molecule has 0 fully saturated rings. The van der Waals surface area contributed by atoms with Crippen LogP contribution in [-0.2, 0) is 19.4 Å². The molecule has 0 saturated heterocycles. The minimum atomic E-state index is -1.68. The van der Waals surface area contributed by atoms with Crippen molar-refractivity contribution in [3.05, 3.63) is 75.2 Å². The summed E-state index contributed by atoms with van der Waals surface area (Å²) in [4.78, 5) is 4.74. The van der Waals surface area contributed by atoms with Gasteiger partial charge in [0.2, 0.25) is 5.82 Å². The molecule has 0 atom stereocenters. The molecule has 0 bridgehead atoms. The second-order valence-corrected chi connectivity index (χ2v) is 7.43. The lowest BCUT2D eigenvalue weighted by molar-refractivity contribution is 0.273. The second kappa shape index (κ2) is 9.60. The van der Waals surface area contributed by atoms with Crippen LogP contribution in [0.15, 0.2) is 30.3 Å². The van der Waals surface area contributed by atoms with E-state index >= 15 is 0 Å². The van der Waals surface area contributed by atoms with Crippen LogP contribution in [0.5, 0.6) is 11.5 Å². The lowest BCUT2D eigenvalue weighted by Crippen LogP contribution is -2.07. The molecule has 0 aliphatic rings. The van der Waals surface area contributed by atoms with Gasteiger partial charge in [0, 0.05) is 23.4 Å². The molecule has 3 nitrogen and oxygen atoms in total. The summed E-state index contributed by atoms with van der Waals surface area (Å²) in [7, 11) is 1.52. The topological polar surface area (TPSA) is 31.4 Å². The number of hydrogen-bond donors (Lipinski definition) is 0. The number of aryl methyl sites for hydroxylation is 3. The Morgan fingerprint density at radius 1 is 0.935 bits per heavy atom. The molecule has 2 aromatic carbocycles. The van der Waals surface area contributed by atoms with Crippen LogP contribution in [0.2, 0.25) is 5.02 Å². The molecule has 0 amide bonds. The maximum absolute atomic E-state index is 14.0. The highest BCUT2D eigenvalue weighted by Crippen LogP contribution is 2.34. The largest absolute Gasteiger partial charge is 0.496 e. The van der Waals surface area contributed by atoms with E-state index in [1.54, 1.807) is 6.92 Å². The maximum atomic E-state index is 14.0. The van der Waals surface area contributed by atoms with Crippen LogP contribution in [-0.4, -0.2) is 12.1 Å². The first-order chi connectivity index (χ1) is 14.8. The van der Waals surface area contributed by atoms with Gasteiger partial charge in [-0.15, -0.1) is 0 Å². The van der Waals surface area contributed by atoms with Crippen molar-refractivity contribution in [2.45, 2.75) is 40.2 Å². The average molecular weight is 450 g/mol. The van der Waals surface area contributed by atoms with Crippen molar-refractivity contribution in [3.8, 4) is 22.8 Å². The van der Waals surface area contributed by atoms with Gasteiger partial charge in [0.1, 0.15) is 12.4 Å². The van der Waals surface area contributed by atoms with Crippen LogP contribution in [0.3, 0.4) is 0 Å². The number of benzene rings is 2. The Hall–Kier alpha value is -2.73. The Morgan fingerprint density at radius 3 is 2.16 bits per heavy atom. The van der Waals surface area contributed by atoms with Gasteiger partial charge in [-0.2, -0.15) is 4.39 Å². The van der Waals surface area contributed by atoms with Crippen molar-refractivity contribution in [2.24, 2.45) is 0 Å². The number of rotatable bonds is 7. The highest BCUT2D eigenvalue weighted by Gasteiger charge is 2.21. The van der Waals surface area contributed by atoms with E-state index in [-0.39, 0.29) is 6.61 Å². The molecular formula is C24H23ClF3NO2. The molecule has 1 heterocycles. The smallest absolute Gasteiger partial charge is 0.203 e. The normalized spacial score (nSPS) is 11.0. The van der Waals surface area contributed by atoms with Crippen molar-refractivity contribution in [1.29, 1.82) is 0 Å². The van der Waals surface area contributed by atoms with Crippen molar-refractivity contribution in [2.75, 3.05) is 7.11 Å². The number of pyridine rings is 1. The predicted molar refractivity (Wildman–Crippen MR) is 115 cm³/mol. The maximum Gasteiger partial charge on any atom is 0.203 e. The summed E-state index contributed by atoms with van der Waals surface area (Å²) in [5.74, 6) is -4.55. The Labute approximate surface area is 184 Å².